The molecule has 0 radical (unpaired) electrons. The van der Waals surface area contributed by atoms with Crippen LogP contribution >= 0.6 is 0 Å². The van der Waals surface area contributed by atoms with E-state index in [1.807, 2.05) is 48.5 Å². The van der Waals surface area contributed by atoms with Crippen LogP contribution in [0.25, 0.3) is 17.1 Å². The van der Waals surface area contributed by atoms with E-state index >= 15 is 0 Å². The summed E-state index contributed by atoms with van der Waals surface area (Å²) in [5.74, 6) is 0.480. The Bertz CT molecular complexity index is 837. The highest BCUT2D eigenvalue weighted by Gasteiger charge is 2.04. The molecule has 0 aliphatic carbocycles. The molecule has 1 N–H and O–H groups in total. The molecule has 0 aliphatic heterocycles. The topological polar surface area (TPSA) is 56.1 Å². The maximum atomic E-state index is 12.0. The van der Waals surface area contributed by atoms with E-state index in [1.165, 1.54) is 6.08 Å². The molecule has 2 aromatic carbocycles. The predicted octanol–water partition coefficient (Wildman–Crippen LogP) is 2.83. The third-order valence-corrected chi connectivity index (χ3v) is 3.24. The SMILES string of the molecule is COc1ccccc1/C=C/C(=O)Nn1cnc2ccccc21. The van der Waals surface area contributed by atoms with Gasteiger partial charge in [0.1, 0.15) is 12.1 Å². The number of carbonyl (C=O) groups is 1. The molecule has 0 spiro atoms. The third kappa shape index (κ3) is 2.83. The fraction of sp³-hybridized carbons (Fsp3) is 0.0588. The first kappa shape index (κ1) is 13.9. The van der Waals surface area contributed by atoms with Gasteiger partial charge in [-0.3, -0.25) is 10.2 Å². The number of rotatable bonds is 4. The van der Waals surface area contributed by atoms with Gasteiger partial charge in [-0.2, -0.15) is 0 Å². The van der Waals surface area contributed by atoms with Crippen LogP contribution in [0.15, 0.2) is 60.9 Å². The summed E-state index contributed by atoms with van der Waals surface area (Å²) in [7, 11) is 1.60. The number of nitrogens with zero attached hydrogens (tertiary/aromatic N) is 2. The van der Waals surface area contributed by atoms with Gasteiger partial charge in [-0.05, 0) is 24.3 Å². The second kappa shape index (κ2) is 6.13. The lowest BCUT2D eigenvalue weighted by atomic mass is 10.2. The molecule has 5 nitrogen and oxygen atoms in total. The van der Waals surface area contributed by atoms with Crippen molar-refractivity contribution in [1.82, 2.24) is 9.66 Å². The van der Waals surface area contributed by atoms with E-state index in [0.29, 0.717) is 0 Å². The molecule has 0 saturated heterocycles. The first-order chi connectivity index (χ1) is 10.8. The maximum Gasteiger partial charge on any atom is 0.262 e. The Morgan fingerprint density at radius 2 is 1.95 bits per heavy atom. The van der Waals surface area contributed by atoms with Crippen molar-refractivity contribution in [1.29, 1.82) is 0 Å². The van der Waals surface area contributed by atoms with Gasteiger partial charge >= 0.3 is 0 Å². The molecule has 3 aromatic rings. The van der Waals surface area contributed by atoms with E-state index < -0.39 is 0 Å². The molecular weight excluding hydrogens is 278 g/mol. The van der Waals surface area contributed by atoms with Crippen molar-refractivity contribution in [2.75, 3.05) is 12.5 Å². The van der Waals surface area contributed by atoms with Gasteiger partial charge in [0.15, 0.2) is 0 Å². The van der Waals surface area contributed by atoms with E-state index in [9.17, 15) is 4.79 Å². The van der Waals surface area contributed by atoms with Gasteiger partial charge in [0.25, 0.3) is 5.91 Å². The predicted molar refractivity (Wildman–Crippen MR) is 86.1 cm³/mol. The number of nitrogens with one attached hydrogen (secondary N) is 1. The highest BCUT2D eigenvalue weighted by Crippen LogP contribution is 2.18. The number of ether oxygens (including phenoxy) is 1. The van der Waals surface area contributed by atoms with Crippen LogP contribution in [0, 0.1) is 0 Å². The zero-order chi connectivity index (χ0) is 15.4. The summed E-state index contributed by atoms with van der Waals surface area (Å²) in [5, 5.41) is 0. The molecule has 0 aliphatic rings. The number of benzene rings is 2. The van der Waals surface area contributed by atoms with Gasteiger partial charge in [0.05, 0.1) is 18.1 Å². The molecule has 0 bridgehead atoms. The summed E-state index contributed by atoms with van der Waals surface area (Å²) in [4.78, 5) is 16.3. The zero-order valence-electron chi connectivity index (χ0n) is 12.1. The first-order valence-corrected chi connectivity index (χ1v) is 6.82. The fourth-order valence-corrected chi connectivity index (χ4v) is 2.17. The zero-order valence-corrected chi connectivity index (χ0v) is 12.1. The van der Waals surface area contributed by atoms with Crippen LogP contribution in [0.4, 0.5) is 0 Å². The molecule has 1 heterocycles. The number of fused-ring (bicyclic) bond motifs is 1. The Kier molecular flexibility index (Phi) is 3.87. The standard InChI is InChI=1S/C17H15N3O2/c1-22-16-9-5-2-6-13(16)10-11-17(21)19-20-12-18-14-7-3-4-8-15(14)20/h2-12H,1H3,(H,19,21)/b11-10+. The minimum absolute atomic E-state index is 0.242. The largest absolute Gasteiger partial charge is 0.496 e. The number of hydrogen-bond acceptors (Lipinski definition) is 3. The van der Waals surface area contributed by atoms with Gasteiger partial charge in [0, 0.05) is 11.6 Å². The summed E-state index contributed by atoms with van der Waals surface area (Å²) in [6.07, 6.45) is 4.76. The quantitative estimate of drug-likeness (QED) is 0.753. The number of aromatic nitrogens is 2. The van der Waals surface area contributed by atoms with Gasteiger partial charge in [-0.15, -0.1) is 0 Å². The monoisotopic (exact) mass is 293 g/mol. The van der Waals surface area contributed by atoms with E-state index in [0.717, 1.165) is 22.3 Å². The Hall–Kier alpha value is -3.08. The van der Waals surface area contributed by atoms with E-state index in [4.69, 9.17) is 4.74 Å². The van der Waals surface area contributed by atoms with Crippen molar-refractivity contribution in [2.45, 2.75) is 0 Å². The number of hydrogen-bond donors (Lipinski definition) is 1. The fourth-order valence-electron chi connectivity index (χ4n) is 2.17. The van der Waals surface area contributed by atoms with Crippen LogP contribution < -0.4 is 10.2 Å². The number of methoxy groups -OCH3 is 1. The summed E-state index contributed by atoms with van der Waals surface area (Å²) < 4.78 is 6.84. The molecule has 110 valence electrons. The summed E-state index contributed by atoms with van der Waals surface area (Å²) >= 11 is 0. The number of imidazole rings is 1. The Balaban J connectivity index is 1.76. The van der Waals surface area contributed by atoms with Crippen LogP contribution in [0.1, 0.15) is 5.56 Å². The van der Waals surface area contributed by atoms with Crippen molar-refractivity contribution in [3.63, 3.8) is 0 Å². The van der Waals surface area contributed by atoms with E-state index in [-0.39, 0.29) is 5.91 Å². The van der Waals surface area contributed by atoms with Crippen molar-refractivity contribution < 1.29 is 9.53 Å². The molecule has 0 atom stereocenters. The van der Waals surface area contributed by atoms with Crippen LogP contribution in [0.5, 0.6) is 5.75 Å². The highest BCUT2D eigenvalue weighted by atomic mass is 16.5. The van der Waals surface area contributed by atoms with Crippen molar-refractivity contribution >= 4 is 23.0 Å². The summed E-state index contributed by atoms with van der Waals surface area (Å²) in [6, 6.07) is 15.1. The molecule has 1 aromatic heterocycles. The van der Waals surface area contributed by atoms with Crippen molar-refractivity contribution in [2.24, 2.45) is 0 Å². The van der Waals surface area contributed by atoms with Gasteiger partial charge in [-0.25, -0.2) is 9.66 Å². The summed E-state index contributed by atoms with van der Waals surface area (Å²) in [6.45, 7) is 0. The summed E-state index contributed by atoms with van der Waals surface area (Å²) in [5.41, 5.74) is 5.28. The van der Waals surface area contributed by atoms with Gasteiger partial charge in [0.2, 0.25) is 0 Å². The smallest absolute Gasteiger partial charge is 0.262 e. The lowest BCUT2D eigenvalue weighted by Crippen LogP contribution is -2.19. The minimum atomic E-state index is -0.242. The molecule has 0 unspecified atom stereocenters. The van der Waals surface area contributed by atoms with E-state index in [2.05, 4.69) is 10.4 Å². The second-order valence-corrected chi connectivity index (χ2v) is 4.65. The third-order valence-electron chi connectivity index (χ3n) is 3.24. The normalized spacial score (nSPS) is 11.0. The molecule has 0 saturated carbocycles. The lowest BCUT2D eigenvalue weighted by Gasteiger charge is -2.05. The Morgan fingerprint density at radius 1 is 1.18 bits per heavy atom. The minimum Gasteiger partial charge on any atom is -0.496 e. The van der Waals surface area contributed by atoms with Crippen LogP contribution in [-0.4, -0.2) is 22.7 Å². The van der Waals surface area contributed by atoms with E-state index in [1.54, 1.807) is 24.2 Å². The number of amides is 1. The number of carbonyl (C=O) groups excluding carboxylic acids is 1. The maximum absolute atomic E-state index is 12.0. The highest BCUT2D eigenvalue weighted by molar-refractivity contribution is 5.98. The average molecular weight is 293 g/mol. The van der Waals surface area contributed by atoms with Gasteiger partial charge < -0.3 is 4.74 Å². The molecule has 0 fully saturated rings. The van der Waals surface area contributed by atoms with Crippen molar-refractivity contribution in [3.8, 4) is 5.75 Å². The molecule has 1 amide bonds. The van der Waals surface area contributed by atoms with Crippen LogP contribution in [0.3, 0.4) is 0 Å². The molecule has 3 rings (SSSR count). The number of para-hydroxylation sites is 3. The van der Waals surface area contributed by atoms with Crippen LogP contribution in [0.2, 0.25) is 0 Å². The Morgan fingerprint density at radius 3 is 2.82 bits per heavy atom. The average Bonchev–Trinajstić information content (AvgIpc) is 2.96. The van der Waals surface area contributed by atoms with Crippen LogP contribution in [-0.2, 0) is 4.79 Å². The van der Waals surface area contributed by atoms with Crippen molar-refractivity contribution in [3.05, 3.63) is 66.5 Å². The lowest BCUT2D eigenvalue weighted by molar-refractivity contribution is -0.112. The second-order valence-electron chi connectivity index (χ2n) is 4.65. The van der Waals surface area contributed by atoms with Gasteiger partial charge in [-0.1, -0.05) is 30.3 Å². The molecule has 5 heteroatoms. The Labute approximate surface area is 127 Å². The first-order valence-electron chi connectivity index (χ1n) is 6.82. The molecular formula is C17H15N3O2. The molecule has 22 heavy (non-hydrogen) atoms.